The van der Waals surface area contributed by atoms with Crippen LogP contribution >= 0.6 is 11.3 Å². The number of thiophene rings is 1. The second-order valence-electron chi connectivity index (χ2n) is 8.19. The van der Waals surface area contributed by atoms with E-state index in [-0.39, 0.29) is 0 Å². The van der Waals surface area contributed by atoms with E-state index in [1.165, 1.54) is 26.1 Å². The van der Waals surface area contributed by atoms with E-state index in [4.69, 9.17) is 4.74 Å². The number of fused-ring (bicyclic) bond motifs is 2. The maximum absolute atomic E-state index is 5.29. The van der Waals surface area contributed by atoms with Crippen molar-refractivity contribution in [3.63, 3.8) is 0 Å². The molecule has 6 rings (SSSR count). The number of hydrogen-bond acceptors (Lipinski definition) is 5. The van der Waals surface area contributed by atoms with E-state index in [1.54, 1.807) is 24.6 Å². The number of methoxy groups -OCH3 is 1. The molecular formula is C28H22N4OS. The highest BCUT2D eigenvalue weighted by Crippen LogP contribution is 2.36. The van der Waals surface area contributed by atoms with E-state index in [0.29, 0.717) is 0 Å². The Morgan fingerprint density at radius 2 is 1.76 bits per heavy atom. The highest BCUT2D eigenvalue weighted by molar-refractivity contribution is 7.22. The lowest BCUT2D eigenvalue weighted by Gasteiger charge is -2.02. The lowest BCUT2D eigenvalue weighted by atomic mass is 10.0. The smallest absolute Gasteiger partial charge is 0.177 e. The summed E-state index contributed by atoms with van der Waals surface area (Å²) in [5, 5.41) is 1.25. The summed E-state index contributed by atoms with van der Waals surface area (Å²) < 4.78 is 6.56. The molecule has 2 aromatic carbocycles. The standard InChI is InChI=1S/C28H22N4OS/c1-33-23-11-12-29-22(16-23)8-10-27-31-24-14-21(17-30-28(24)32-27)26-15-20-13-19(7-9-25(20)34-26)18-5-3-2-4-6-18/h2-7,9,11-17H,8,10H2,1H3,(H,30,31,32). The van der Waals surface area contributed by atoms with Gasteiger partial charge in [-0.3, -0.25) is 4.98 Å². The summed E-state index contributed by atoms with van der Waals surface area (Å²) in [5.74, 6) is 1.73. The summed E-state index contributed by atoms with van der Waals surface area (Å²) >= 11 is 1.79. The molecule has 6 heteroatoms. The largest absolute Gasteiger partial charge is 0.497 e. The van der Waals surface area contributed by atoms with Crippen molar-refractivity contribution >= 4 is 32.6 Å². The zero-order valence-corrected chi connectivity index (χ0v) is 19.5. The first-order valence-electron chi connectivity index (χ1n) is 11.2. The number of hydrogen-bond donors (Lipinski definition) is 1. The fourth-order valence-electron chi connectivity index (χ4n) is 4.17. The van der Waals surface area contributed by atoms with Gasteiger partial charge in [-0.2, -0.15) is 0 Å². The van der Waals surface area contributed by atoms with Crippen LogP contribution in [0.25, 0.3) is 42.8 Å². The number of ether oxygens (including phenoxy) is 1. The van der Waals surface area contributed by atoms with Crippen molar-refractivity contribution in [1.29, 1.82) is 0 Å². The van der Waals surface area contributed by atoms with E-state index >= 15 is 0 Å². The molecule has 4 aromatic heterocycles. The summed E-state index contributed by atoms with van der Waals surface area (Å²) in [7, 11) is 1.67. The first-order valence-corrected chi connectivity index (χ1v) is 12.0. The Kier molecular flexibility index (Phi) is 5.28. The zero-order valence-electron chi connectivity index (χ0n) is 18.7. The van der Waals surface area contributed by atoms with Crippen LogP contribution in [-0.2, 0) is 12.8 Å². The molecule has 5 nitrogen and oxygen atoms in total. The maximum atomic E-state index is 5.29. The van der Waals surface area contributed by atoms with Crippen LogP contribution in [0.4, 0.5) is 0 Å². The van der Waals surface area contributed by atoms with Gasteiger partial charge in [0.05, 0.1) is 12.6 Å². The molecule has 4 heterocycles. The Morgan fingerprint density at radius 3 is 2.65 bits per heavy atom. The minimum atomic E-state index is 0.741. The number of rotatable bonds is 6. The molecule has 6 aromatic rings. The number of aryl methyl sites for hydroxylation is 2. The van der Waals surface area contributed by atoms with Crippen molar-refractivity contribution in [2.45, 2.75) is 12.8 Å². The van der Waals surface area contributed by atoms with Crippen LogP contribution in [0.5, 0.6) is 5.75 Å². The molecule has 0 saturated carbocycles. The molecule has 34 heavy (non-hydrogen) atoms. The normalized spacial score (nSPS) is 11.3. The molecule has 0 fully saturated rings. The van der Waals surface area contributed by atoms with Gasteiger partial charge in [0.25, 0.3) is 0 Å². The fourth-order valence-corrected chi connectivity index (χ4v) is 5.19. The molecule has 0 radical (unpaired) electrons. The summed E-state index contributed by atoms with van der Waals surface area (Å²) in [6.45, 7) is 0. The average Bonchev–Trinajstić information content (AvgIpc) is 3.51. The fraction of sp³-hybridized carbons (Fsp3) is 0.107. The monoisotopic (exact) mass is 462 g/mol. The molecule has 166 valence electrons. The summed E-state index contributed by atoms with van der Waals surface area (Å²) in [6.07, 6.45) is 5.23. The molecule has 0 amide bonds. The topological polar surface area (TPSA) is 63.7 Å². The van der Waals surface area contributed by atoms with E-state index in [0.717, 1.165) is 46.8 Å². The molecule has 0 atom stereocenters. The number of pyridine rings is 2. The molecule has 0 aliphatic rings. The first-order chi connectivity index (χ1) is 16.7. The molecule has 0 aliphatic carbocycles. The van der Waals surface area contributed by atoms with Crippen LogP contribution < -0.4 is 4.74 Å². The predicted molar refractivity (Wildman–Crippen MR) is 138 cm³/mol. The Labute approximate surface area is 201 Å². The summed E-state index contributed by atoms with van der Waals surface area (Å²) in [4.78, 5) is 18.4. The predicted octanol–water partition coefficient (Wildman–Crippen LogP) is 6.70. The highest BCUT2D eigenvalue weighted by atomic mass is 32.1. The van der Waals surface area contributed by atoms with E-state index < -0.39 is 0 Å². The number of imidazole rings is 1. The molecule has 0 unspecified atom stereocenters. The molecule has 1 N–H and O–H groups in total. The van der Waals surface area contributed by atoms with E-state index in [1.807, 2.05) is 24.4 Å². The van der Waals surface area contributed by atoms with E-state index in [2.05, 4.69) is 74.5 Å². The van der Waals surface area contributed by atoms with Crippen molar-refractivity contribution in [3.8, 4) is 27.3 Å². The van der Waals surface area contributed by atoms with Gasteiger partial charge in [0.15, 0.2) is 5.65 Å². The van der Waals surface area contributed by atoms with Crippen LogP contribution in [0.2, 0.25) is 0 Å². The van der Waals surface area contributed by atoms with Gasteiger partial charge in [0.2, 0.25) is 0 Å². The molecular weight excluding hydrogens is 440 g/mol. The van der Waals surface area contributed by atoms with Crippen molar-refractivity contribution in [1.82, 2.24) is 19.9 Å². The van der Waals surface area contributed by atoms with Crippen molar-refractivity contribution < 1.29 is 4.74 Å². The van der Waals surface area contributed by atoms with Gasteiger partial charge in [-0.1, -0.05) is 36.4 Å². The van der Waals surface area contributed by atoms with Crippen LogP contribution in [-0.4, -0.2) is 27.0 Å². The Bertz CT molecular complexity index is 1600. The maximum Gasteiger partial charge on any atom is 0.177 e. The third-order valence-electron chi connectivity index (χ3n) is 5.94. The minimum Gasteiger partial charge on any atom is -0.497 e. The Hall–Kier alpha value is -4.03. The second-order valence-corrected chi connectivity index (χ2v) is 9.28. The van der Waals surface area contributed by atoms with Crippen LogP contribution in [0.1, 0.15) is 11.5 Å². The van der Waals surface area contributed by atoms with Gasteiger partial charge in [-0.25, -0.2) is 9.97 Å². The van der Waals surface area contributed by atoms with E-state index in [9.17, 15) is 0 Å². The number of aromatic amines is 1. The van der Waals surface area contributed by atoms with Gasteiger partial charge in [0, 0.05) is 45.7 Å². The van der Waals surface area contributed by atoms with Crippen molar-refractivity contribution in [2.24, 2.45) is 0 Å². The van der Waals surface area contributed by atoms with Crippen LogP contribution in [0.15, 0.2) is 85.2 Å². The third kappa shape index (κ3) is 4.04. The molecule has 0 bridgehead atoms. The molecule has 0 aliphatic heterocycles. The Morgan fingerprint density at radius 1 is 0.853 bits per heavy atom. The van der Waals surface area contributed by atoms with Gasteiger partial charge in [-0.15, -0.1) is 11.3 Å². The SMILES string of the molecule is COc1ccnc(CCc2nc3ncc(-c4cc5cc(-c6ccccc6)ccc5s4)cc3[nH]2)c1. The van der Waals surface area contributed by atoms with Crippen molar-refractivity contribution in [2.75, 3.05) is 7.11 Å². The highest BCUT2D eigenvalue weighted by Gasteiger charge is 2.10. The number of nitrogens with one attached hydrogen (secondary N) is 1. The average molecular weight is 463 g/mol. The Balaban J connectivity index is 1.26. The number of H-pyrrole nitrogens is 1. The van der Waals surface area contributed by atoms with Gasteiger partial charge in [-0.05, 0) is 53.3 Å². The lowest BCUT2D eigenvalue weighted by molar-refractivity contribution is 0.413. The summed E-state index contributed by atoms with van der Waals surface area (Å²) in [6, 6.07) is 25.4. The van der Waals surface area contributed by atoms with Gasteiger partial charge in [0.1, 0.15) is 11.6 Å². The minimum absolute atomic E-state index is 0.741. The number of aromatic nitrogens is 4. The molecule has 0 saturated heterocycles. The third-order valence-corrected chi connectivity index (χ3v) is 7.10. The van der Waals surface area contributed by atoms with Crippen LogP contribution in [0.3, 0.4) is 0 Å². The number of nitrogens with zero attached hydrogens (tertiary/aromatic N) is 3. The van der Waals surface area contributed by atoms with Crippen LogP contribution in [0, 0.1) is 0 Å². The van der Waals surface area contributed by atoms with Crippen molar-refractivity contribution in [3.05, 3.63) is 96.7 Å². The quantitative estimate of drug-likeness (QED) is 0.299. The lowest BCUT2D eigenvalue weighted by Crippen LogP contribution is -1.96. The number of benzene rings is 2. The summed E-state index contributed by atoms with van der Waals surface area (Å²) in [5.41, 5.74) is 6.23. The molecule has 0 spiro atoms. The first kappa shape index (κ1) is 20.6. The zero-order chi connectivity index (χ0) is 22.9. The second kappa shape index (κ2) is 8.72. The van der Waals surface area contributed by atoms with Gasteiger partial charge >= 0.3 is 0 Å². The van der Waals surface area contributed by atoms with Gasteiger partial charge < -0.3 is 9.72 Å².